The molecule has 2 atom stereocenters. The second-order valence-corrected chi connectivity index (χ2v) is 6.91. The van der Waals surface area contributed by atoms with E-state index in [1.807, 2.05) is 18.5 Å². The molecule has 1 aliphatic carbocycles. The molecule has 4 rings (SSSR count). The highest BCUT2D eigenvalue weighted by Crippen LogP contribution is 2.39. The van der Waals surface area contributed by atoms with Gasteiger partial charge in [0.2, 0.25) is 5.91 Å². The van der Waals surface area contributed by atoms with Crippen LogP contribution < -0.4 is 10.2 Å². The van der Waals surface area contributed by atoms with Gasteiger partial charge < -0.3 is 10.2 Å². The summed E-state index contributed by atoms with van der Waals surface area (Å²) in [6, 6.07) is 6.26. The molecule has 120 valence electrons. The van der Waals surface area contributed by atoms with Crippen LogP contribution in [0.3, 0.4) is 0 Å². The van der Waals surface area contributed by atoms with Gasteiger partial charge in [-0.25, -0.2) is 0 Å². The quantitative estimate of drug-likeness (QED) is 0.937. The van der Waals surface area contributed by atoms with Crippen molar-refractivity contribution in [3.8, 4) is 0 Å². The van der Waals surface area contributed by atoms with Crippen molar-refractivity contribution in [2.75, 3.05) is 23.3 Å². The Balaban J connectivity index is 1.68. The van der Waals surface area contributed by atoms with E-state index >= 15 is 0 Å². The summed E-state index contributed by atoms with van der Waals surface area (Å²) in [7, 11) is 0. The monoisotopic (exact) mass is 309 g/mol. The third-order valence-corrected chi connectivity index (χ3v) is 5.20. The number of hydrogen-bond donors (Lipinski definition) is 1. The molecule has 4 heteroatoms. The summed E-state index contributed by atoms with van der Waals surface area (Å²) in [6.45, 7) is 4.36. The number of rotatable bonds is 3. The van der Waals surface area contributed by atoms with E-state index in [0.717, 1.165) is 30.6 Å². The molecule has 1 amide bonds. The summed E-state index contributed by atoms with van der Waals surface area (Å²) in [5, 5.41) is 5.33. The largest absolute Gasteiger partial charge is 0.371 e. The molecule has 1 aromatic carbocycles. The number of hydrogen-bond acceptors (Lipinski definition) is 3. The van der Waals surface area contributed by atoms with Gasteiger partial charge >= 0.3 is 0 Å². The van der Waals surface area contributed by atoms with Gasteiger partial charge in [-0.05, 0) is 49.8 Å². The van der Waals surface area contributed by atoms with E-state index in [-0.39, 0.29) is 11.8 Å². The van der Waals surface area contributed by atoms with Crippen LogP contribution in [0.1, 0.15) is 32.6 Å². The molecular weight excluding hydrogens is 286 g/mol. The number of carbonyl (C=O) groups is 1. The van der Waals surface area contributed by atoms with E-state index in [2.05, 4.69) is 34.3 Å². The number of anilines is 2. The van der Waals surface area contributed by atoms with Crippen LogP contribution in [0.25, 0.3) is 10.8 Å². The number of piperidine rings is 1. The van der Waals surface area contributed by atoms with Crippen molar-refractivity contribution in [3.05, 3.63) is 30.6 Å². The summed E-state index contributed by atoms with van der Waals surface area (Å²) in [4.78, 5) is 19.0. The number of nitrogens with zero attached hydrogens (tertiary/aromatic N) is 2. The zero-order chi connectivity index (χ0) is 15.8. The molecule has 2 fully saturated rings. The fraction of sp³-hybridized carbons (Fsp3) is 0.474. The Hall–Kier alpha value is -2.10. The fourth-order valence-corrected chi connectivity index (χ4v) is 3.61. The van der Waals surface area contributed by atoms with Crippen molar-refractivity contribution in [2.24, 2.45) is 11.8 Å². The molecule has 0 spiro atoms. The maximum absolute atomic E-state index is 12.3. The minimum absolute atomic E-state index is 0.147. The van der Waals surface area contributed by atoms with Crippen LogP contribution in [0.5, 0.6) is 0 Å². The third kappa shape index (κ3) is 2.78. The van der Waals surface area contributed by atoms with E-state index in [4.69, 9.17) is 0 Å². The van der Waals surface area contributed by atoms with E-state index < -0.39 is 0 Å². The Kier molecular flexibility index (Phi) is 3.68. The summed E-state index contributed by atoms with van der Waals surface area (Å²) in [5.74, 6) is 0.851. The zero-order valence-corrected chi connectivity index (χ0v) is 13.6. The summed E-state index contributed by atoms with van der Waals surface area (Å²) < 4.78 is 0. The SMILES string of the molecule is C[C@@H]1C[C@@H]1C(=O)Nc1ccc(N2CCCCC2)c2ccncc12. The molecule has 2 heterocycles. The first-order valence-electron chi connectivity index (χ1n) is 8.66. The van der Waals surface area contributed by atoms with Gasteiger partial charge in [-0.2, -0.15) is 0 Å². The van der Waals surface area contributed by atoms with Crippen molar-refractivity contribution < 1.29 is 4.79 Å². The Morgan fingerprint density at radius 1 is 1.17 bits per heavy atom. The van der Waals surface area contributed by atoms with E-state index in [0.29, 0.717) is 5.92 Å². The molecule has 1 N–H and O–H groups in total. The van der Waals surface area contributed by atoms with Gasteiger partial charge in [-0.1, -0.05) is 6.92 Å². The van der Waals surface area contributed by atoms with Gasteiger partial charge in [0.15, 0.2) is 0 Å². The van der Waals surface area contributed by atoms with Gasteiger partial charge in [-0.3, -0.25) is 9.78 Å². The third-order valence-electron chi connectivity index (χ3n) is 5.20. The molecule has 1 saturated heterocycles. The first-order valence-corrected chi connectivity index (χ1v) is 8.66. The maximum atomic E-state index is 12.3. The topological polar surface area (TPSA) is 45.2 Å². The van der Waals surface area contributed by atoms with Crippen LogP contribution in [0, 0.1) is 11.8 Å². The first-order chi connectivity index (χ1) is 11.2. The van der Waals surface area contributed by atoms with Gasteiger partial charge in [-0.15, -0.1) is 0 Å². The molecule has 2 aliphatic rings. The van der Waals surface area contributed by atoms with Crippen LogP contribution in [0.4, 0.5) is 11.4 Å². The number of aromatic nitrogens is 1. The lowest BCUT2D eigenvalue weighted by atomic mass is 10.0. The molecule has 4 nitrogen and oxygen atoms in total. The molecule has 1 saturated carbocycles. The standard InChI is InChI=1S/C19H23N3O/c1-13-11-15(13)19(23)21-17-5-6-18(22-9-3-2-4-10-22)14-7-8-20-12-16(14)17/h5-8,12-13,15H,2-4,9-11H2,1H3,(H,21,23)/t13-,15+/m1/s1. The second kappa shape index (κ2) is 5.84. The minimum atomic E-state index is 0.147. The van der Waals surface area contributed by atoms with Crippen LogP contribution in [0.15, 0.2) is 30.6 Å². The van der Waals surface area contributed by atoms with E-state index in [9.17, 15) is 4.79 Å². The van der Waals surface area contributed by atoms with Gasteiger partial charge in [0.1, 0.15) is 0 Å². The summed E-state index contributed by atoms with van der Waals surface area (Å²) >= 11 is 0. The average Bonchev–Trinajstić information content (AvgIpc) is 3.33. The van der Waals surface area contributed by atoms with E-state index in [1.54, 1.807) is 0 Å². The lowest BCUT2D eigenvalue weighted by Gasteiger charge is -2.30. The maximum Gasteiger partial charge on any atom is 0.227 e. The van der Waals surface area contributed by atoms with Crippen molar-refractivity contribution in [1.82, 2.24) is 4.98 Å². The molecule has 1 aliphatic heterocycles. The van der Waals surface area contributed by atoms with Crippen LogP contribution in [0.2, 0.25) is 0 Å². The summed E-state index contributed by atoms with van der Waals surface area (Å²) in [6.07, 6.45) is 8.55. The second-order valence-electron chi connectivity index (χ2n) is 6.91. The number of amides is 1. The predicted molar refractivity (Wildman–Crippen MR) is 93.7 cm³/mol. The number of pyridine rings is 1. The highest BCUT2D eigenvalue weighted by atomic mass is 16.2. The molecule has 23 heavy (non-hydrogen) atoms. The number of benzene rings is 1. The molecule has 0 bridgehead atoms. The van der Waals surface area contributed by atoms with Crippen LogP contribution in [-0.2, 0) is 4.79 Å². The highest BCUT2D eigenvalue weighted by Gasteiger charge is 2.39. The van der Waals surface area contributed by atoms with Crippen molar-refractivity contribution in [3.63, 3.8) is 0 Å². The normalized spacial score (nSPS) is 23.8. The van der Waals surface area contributed by atoms with Gasteiger partial charge in [0, 0.05) is 47.9 Å². The number of nitrogens with one attached hydrogen (secondary N) is 1. The van der Waals surface area contributed by atoms with Crippen LogP contribution in [-0.4, -0.2) is 24.0 Å². The molecule has 2 aromatic rings. The molecule has 1 aromatic heterocycles. The number of fused-ring (bicyclic) bond motifs is 1. The van der Waals surface area contributed by atoms with Crippen LogP contribution >= 0.6 is 0 Å². The van der Waals surface area contributed by atoms with Gasteiger partial charge in [0.05, 0.1) is 5.69 Å². The molecule has 0 radical (unpaired) electrons. The van der Waals surface area contributed by atoms with E-state index in [1.165, 1.54) is 30.3 Å². The Bertz CT molecular complexity index is 736. The average molecular weight is 309 g/mol. The lowest BCUT2D eigenvalue weighted by Crippen LogP contribution is -2.29. The number of carbonyl (C=O) groups excluding carboxylic acids is 1. The molecule has 0 unspecified atom stereocenters. The Labute approximate surface area is 136 Å². The van der Waals surface area contributed by atoms with Crippen molar-refractivity contribution >= 4 is 28.1 Å². The highest BCUT2D eigenvalue weighted by molar-refractivity contribution is 6.07. The fourth-order valence-electron chi connectivity index (χ4n) is 3.61. The predicted octanol–water partition coefficient (Wildman–Crippen LogP) is 3.82. The zero-order valence-electron chi connectivity index (χ0n) is 13.6. The van der Waals surface area contributed by atoms with Crippen molar-refractivity contribution in [1.29, 1.82) is 0 Å². The Morgan fingerprint density at radius 3 is 2.70 bits per heavy atom. The minimum Gasteiger partial charge on any atom is -0.371 e. The molecular formula is C19H23N3O. The van der Waals surface area contributed by atoms with Crippen molar-refractivity contribution in [2.45, 2.75) is 32.6 Å². The smallest absolute Gasteiger partial charge is 0.227 e. The van der Waals surface area contributed by atoms with Gasteiger partial charge in [0.25, 0.3) is 0 Å². The first kappa shape index (κ1) is 14.5. The Morgan fingerprint density at radius 2 is 1.96 bits per heavy atom. The summed E-state index contributed by atoms with van der Waals surface area (Å²) in [5.41, 5.74) is 2.15. The lowest BCUT2D eigenvalue weighted by molar-refractivity contribution is -0.117.